The van der Waals surface area contributed by atoms with Crippen molar-refractivity contribution in [2.75, 3.05) is 11.5 Å². The molecule has 0 aromatic heterocycles. The molecule has 3 heteroatoms. The normalized spacial score (nSPS) is 12.1. The molecule has 0 spiro atoms. The fourth-order valence-electron chi connectivity index (χ4n) is 1.37. The molecule has 19 heavy (non-hydrogen) atoms. The zero-order chi connectivity index (χ0) is 14.3. The van der Waals surface area contributed by atoms with Crippen LogP contribution < -0.4 is 0 Å². The van der Waals surface area contributed by atoms with E-state index in [1.165, 1.54) is 25.7 Å². The smallest absolute Gasteiger partial charge is 0.306 e. The van der Waals surface area contributed by atoms with Gasteiger partial charge in [-0.2, -0.15) is 11.8 Å². The summed E-state index contributed by atoms with van der Waals surface area (Å²) in [6.45, 7) is 3.93. The third-order valence-electron chi connectivity index (χ3n) is 2.68. The monoisotopic (exact) mass is 282 g/mol. The highest BCUT2D eigenvalue weighted by molar-refractivity contribution is 7.99. The molecule has 2 nitrogen and oxygen atoms in total. The Morgan fingerprint density at radius 1 is 1.26 bits per heavy atom. The summed E-state index contributed by atoms with van der Waals surface area (Å²) in [6.07, 6.45) is 13.9. The van der Waals surface area contributed by atoms with Gasteiger partial charge in [-0.15, -0.1) is 5.73 Å². The largest absolute Gasteiger partial charge is 0.481 e. The minimum Gasteiger partial charge on any atom is -0.481 e. The summed E-state index contributed by atoms with van der Waals surface area (Å²) < 4.78 is 0. The first kappa shape index (κ1) is 18.1. The topological polar surface area (TPSA) is 37.3 Å². The van der Waals surface area contributed by atoms with Crippen molar-refractivity contribution in [3.05, 3.63) is 30.0 Å². The molecule has 0 aliphatic carbocycles. The number of carboxylic acid groups (broad SMARTS) is 1. The number of unbranched alkanes of at least 4 members (excludes halogenated alkanes) is 3. The van der Waals surface area contributed by atoms with Gasteiger partial charge >= 0.3 is 5.97 Å². The molecule has 0 heterocycles. The van der Waals surface area contributed by atoms with Crippen molar-refractivity contribution in [3.8, 4) is 0 Å². The molecule has 0 bridgehead atoms. The van der Waals surface area contributed by atoms with Crippen LogP contribution in [-0.2, 0) is 4.79 Å². The van der Waals surface area contributed by atoms with Crippen molar-refractivity contribution in [2.24, 2.45) is 5.92 Å². The Bertz CT molecular complexity index is 315. The predicted molar refractivity (Wildman–Crippen MR) is 84.7 cm³/mol. The molecule has 0 saturated heterocycles. The summed E-state index contributed by atoms with van der Waals surface area (Å²) in [7, 11) is 0. The maximum Gasteiger partial charge on any atom is 0.306 e. The molecule has 0 aliphatic rings. The van der Waals surface area contributed by atoms with E-state index < -0.39 is 5.97 Å². The Labute approximate surface area is 121 Å². The van der Waals surface area contributed by atoms with Crippen LogP contribution in [0.5, 0.6) is 0 Å². The number of aliphatic carboxylic acids is 1. The van der Waals surface area contributed by atoms with Gasteiger partial charge in [-0.05, 0) is 31.4 Å². The van der Waals surface area contributed by atoms with E-state index in [1.54, 1.807) is 13.0 Å². The second kappa shape index (κ2) is 13.5. The SMILES string of the molecule is CCCCC/C=C\CSCC=C=CCC(C)C(=O)O. The minimum absolute atomic E-state index is 0.320. The summed E-state index contributed by atoms with van der Waals surface area (Å²) in [6, 6.07) is 0. The van der Waals surface area contributed by atoms with Gasteiger partial charge in [-0.3, -0.25) is 4.79 Å². The lowest BCUT2D eigenvalue weighted by Gasteiger charge is -1.97. The van der Waals surface area contributed by atoms with Crippen LogP contribution in [0.15, 0.2) is 30.0 Å². The van der Waals surface area contributed by atoms with Crippen LogP contribution >= 0.6 is 11.8 Å². The van der Waals surface area contributed by atoms with Crippen LogP contribution in [0.2, 0.25) is 0 Å². The molecular weight excluding hydrogens is 256 g/mol. The lowest BCUT2D eigenvalue weighted by Crippen LogP contribution is -2.07. The Hall–Kier alpha value is -0.920. The van der Waals surface area contributed by atoms with Gasteiger partial charge in [0.2, 0.25) is 0 Å². The van der Waals surface area contributed by atoms with Crippen molar-refractivity contribution >= 4 is 17.7 Å². The fourth-order valence-corrected chi connectivity index (χ4v) is 1.99. The highest BCUT2D eigenvalue weighted by atomic mass is 32.2. The molecule has 0 amide bonds. The Morgan fingerprint density at radius 3 is 2.74 bits per heavy atom. The summed E-state index contributed by atoms with van der Waals surface area (Å²) in [5.74, 6) is 0.896. The van der Waals surface area contributed by atoms with Crippen molar-refractivity contribution in [3.63, 3.8) is 0 Å². The zero-order valence-corrected chi connectivity index (χ0v) is 12.9. The van der Waals surface area contributed by atoms with Crippen LogP contribution in [0.3, 0.4) is 0 Å². The second-order valence-corrected chi connectivity index (χ2v) is 5.63. The van der Waals surface area contributed by atoms with E-state index in [2.05, 4.69) is 24.8 Å². The molecule has 0 fully saturated rings. The molecule has 0 aliphatic heterocycles. The van der Waals surface area contributed by atoms with E-state index in [9.17, 15) is 4.79 Å². The summed E-state index contributed by atoms with van der Waals surface area (Å²) in [5.41, 5.74) is 3.03. The van der Waals surface area contributed by atoms with Gasteiger partial charge in [0.1, 0.15) is 0 Å². The number of carboxylic acids is 1. The first-order chi connectivity index (χ1) is 9.18. The van der Waals surface area contributed by atoms with E-state index in [1.807, 2.05) is 17.8 Å². The van der Waals surface area contributed by atoms with Gasteiger partial charge in [0.25, 0.3) is 0 Å². The third-order valence-corrected chi connectivity index (χ3v) is 3.52. The highest BCUT2D eigenvalue weighted by Crippen LogP contribution is 2.04. The number of allylic oxidation sites excluding steroid dienone is 1. The maximum absolute atomic E-state index is 10.6. The lowest BCUT2D eigenvalue weighted by molar-refractivity contribution is -0.140. The van der Waals surface area contributed by atoms with Gasteiger partial charge in [-0.1, -0.05) is 38.8 Å². The average molecular weight is 282 g/mol. The Morgan fingerprint density at radius 2 is 2.05 bits per heavy atom. The van der Waals surface area contributed by atoms with E-state index in [-0.39, 0.29) is 5.92 Å². The highest BCUT2D eigenvalue weighted by Gasteiger charge is 2.06. The molecule has 0 aromatic carbocycles. The van der Waals surface area contributed by atoms with E-state index in [4.69, 9.17) is 5.11 Å². The van der Waals surface area contributed by atoms with Gasteiger partial charge in [-0.25, -0.2) is 0 Å². The summed E-state index contributed by atoms with van der Waals surface area (Å²) >= 11 is 1.84. The van der Waals surface area contributed by atoms with E-state index in [0.717, 1.165) is 11.5 Å². The number of hydrogen-bond donors (Lipinski definition) is 1. The van der Waals surface area contributed by atoms with Crippen LogP contribution in [0.25, 0.3) is 0 Å². The van der Waals surface area contributed by atoms with Crippen LogP contribution in [0.1, 0.15) is 46.0 Å². The second-order valence-electron chi connectivity index (χ2n) is 4.55. The molecule has 108 valence electrons. The number of thioether (sulfide) groups is 1. The fraction of sp³-hybridized carbons (Fsp3) is 0.625. The first-order valence-corrected chi connectivity index (χ1v) is 8.18. The summed E-state index contributed by atoms with van der Waals surface area (Å²) in [4.78, 5) is 10.6. The Kier molecular flexibility index (Phi) is 12.9. The van der Waals surface area contributed by atoms with Crippen LogP contribution in [-0.4, -0.2) is 22.6 Å². The minimum atomic E-state index is -0.749. The van der Waals surface area contributed by atoms with Gasteiger partial charge in [0.05, 0.1) is 5.92 Å². The van der Waals surface area contributed by atoms with Crippen LogP contribution in [0.4, 0.5) is 0 Å². The molecule has 0 rings (SSSR count). The van der Waals surface area contributed by atoms with Gasteiger partial charge < -0.3 is 5.11 Å². The van der Waals surface area contributed by atoms with Gasteiger partial charge in [0, 0.05) is 11.5 Å². The quantitative estimate of drug-likeness (QED) is 0.340. The molecular formula is C16H26O2S. The van der Waals surface area contributed by atoms with E-state index >= 15 is 0 Å². The average Bonchev–Trinajstić information content (AvgIpc) is 2.39. The van der Waals surface area contributed by atoms with Crippen molar-refractivity contribution in [2.45, 2.75) is 46.0 Å². The summed E-state index contributed by atoms with van der Waals surface area (Å²) in [5, 5.41) is 8.69. The van der Waals surface area contributed by atoms with Crippen molar-refractivity contribution in [1.29, 1.82) is 0 Å². The molecule has 0 saturated carbocycles. The predicted octanol–water partition coefficient (Wildman–Crippen LogP) is 4.68. The van der Waals surface area contributed by atoms with Gasteiger partial charge in [0.15, 0.2) is 0 Å². The number of carbonyl (C=O) groups is 1. The molecule has 1 unspecified atom stereocenters. The zero-order valence-electron chi connectivity index (χ0n) is 12.1. The number of rotatable bonds is 11. The van der Waals surface area contributed by atoms with Crippen molar-refractivity contribution < 1.29 is 9.90 Å². The molecule has 1 N–H and O–H groups in total. The molecule has 0 aromatic rings. The van der Waals surface area contributed by atoms with Crippen molar-refractivity contribution in [1.82, 2.24) is 0 Å². The van der Waals surface area contributed by atoms with E-state index in [0.29, 0.717) is 6.42 Å². The molecule has 1 atom stereocenters. The van der Waals surface area contributed by atoms with Crippen LogP contribution in [0, 0.1) is 5.92 Å². The Balaban J connectivity index is 3.47. The lowest BCUT2D eigenvalue weighted by atomic mass is 10.1. The third kappa shape index (κ3) is 13.3. The maximum atomic E-state index is 10.6. The first-order valence-electron chi connectivity index (χ1n) is 7.03. The standard InChI is InChI=1S/C16H26O2S/c1-3-4-5-6-7-10-13-19-14-11-8-9-12-15(2)16(17)18/h7,9-11,15H,3-6,12-14H2,1-2H3,(H,17,18)/b10-7-. The number of hydrogen-bond acceptors (Lipinski definition) is 2. The molecule has 0 radical (unpaired) electrons.